The highest BCUT2D eigenvalue weighted by molar-refractivity contribution is 5.99. The van der Waals surface area contributed by atoms with Gasteiger partial charge in [-0.05, 0) is 44.0 Å². The fraction of sp³-hybridized carbons (Fsp3) is 0.350. The van der Waals surface area contributed by atoms with Gasteiger partial charge in [-0.25, -0.2) is 0 Å². The molecule has 0 aliphatic heterocycles. The number of carbonyl (C=O) groups excluding carboxylic acids is 2. The summed E-state index contributed by atoms with van der Waals surface area (Å²) >= 11 is 0. The Bertz CT molecular complexity index is 809. The Morgan fingerprint density at radius 1 is 1.15 bits per heavy atom. The van der Waals surface area contributed by atoms with Crippen molar-refractivity contribution in [2.75, 3.05) is 0 Å². The van der Waals surface area contributed by atoms with Crippen molar-refractivity contribution in [1.29, 1.82) is 0 Å². The van der Waals surface area contributed by atoms with E-state index in [0.717, 1.165) is 24.1 Å². The molecule has 6 nitrogen and oxygen atoms in total. The van der Waals surface area contributed by atoms with Crippen LogP contribution in [0.1, 0.15) is 54.8 Å². The van der Waals surface area contributed by atoms with Gasteiger partial charge in [-0.2, -0.15) is 0 Å². The first kappa shape index (κ1) is 18.1. The van der Waals surface area contributed by atoms with Crippen molar-refractivity contribution < 1.29 is 14.7 Å². The van der Waals surface area contributed by atoms with E-state index in [1.807, 2.05) is 12.1 Å². The predicted octanol–water partition coefficient (Wildman–Crippen LogP) is 2.33. The van der Waals surface area contributed by atoms with Crippen molar-refractivity contribution in [3.63, 3.8) is 0 Å². The summed E-state index contributed by atoms with van der Waals surface area (Å²) in [5.41, 5.74) is 7.21. The zero-order valence-electron chi connectivity index (χ0n) is 14.7. The van der Waals surface area contributed by atoms with Crippen LogP contribution in [0.4, 0.5) is 0 Å². The molecule has 1 aliphatic carbocycles. The van der Waals surface area contributed by atoms with Gasteiger partial charge in [-0.1, -0.05) is 31.0 Å². The number of nitrogens with two attached hydrogens (primary N) is 1. The van der Waals surface area contributed by atoms with Gasteiger partial charge in [0.15, 0.2) is 0 Å². The molecular weight excluding hydrogens is 330 g/mol. The quantitative estimate of drug-likeness (QED) is 0.767. The minimum atomic E-state index is -0.928. The molecule has 0 unspecified atom stereocenters. The molecule has 2 aromatic rings. The lowest BCUT2D eigenvalue weighted by Gasteiger charge is -2.26. The van der Waals surface area contributed by atoms with Crippen LogP contribution < -0.4 is 11.1 Å². The topological polar surface area (TPSA) is 105 Å². The van der Waals surface area contributed by atoms with E-state index in [-0.39, 0.29) is 5.91 Å². The van der Waals surface area contributed by atoms with Gasteiger partial charge < -0.3 is 16.2 Å². The van der Waals surface area contributed by atoms with Gasteiger partial charge in [0, 0.05) is 11.1 Å². The number of nitrogens with one attached hydrogen (secondary N) is 1. The number of hydrogen-bond acceptors (Lipinski definition) is 4. The summed E-state index contributed by atoms with van der Waals surface area (Å²) in [6.45, 7) is 1.66. The normalized spacial score (nSPS) is 16.8. The smallest absolute Gasteiger partial charge is 0.252 e. The number of rotatable bonds is 5. The van der Waals surface area contributed by atoms with Gasteiger partial charge in [0.1, 0.15) is 5.54 Å². The van der Waals surface area contributed by atoms with Gasteiger partial charge >= 0.3 is 0 Å². The SMILES string of the molecule is C[C@H](O)c1cccc(-c2ccc(C(=O)NC3(C(N)=O)CCCC3)cc2)n1. The Morgan fingerprint density at radius 2 is 1.81 bits per heavy atom. The molecule has 3 rings (SSSR count). The van der Waals surface area contributed by atoms with Crippen molar-refractivity contribution in [1.82, 2.24) is 10.3 Å². The minimum Gasteiger partial charge on any atom is -0.387 e. The summed E-state index contributed by atoms with van der Waals surface area (Å²) in [6, 6.07) is 12.4. The number of aromatic nitrogens is 1. The van der Waals surface area contributed by atoms with Crippen molar-refractivity contribution in [3.05, 3.63) is 53.7 Å². The Labute approximate surface area is 152 Å². The third kappa shape index (κ3) is 3.60. The van der Waals surface area contributed by atoms with Crippen LogP contribution in [0.5, 0.6) is 0 Å². The van der Waals surface area contributed by atoms with Crippen molar-refractivity contribution in [3.8, 4) is 11.3 Å². The van der Waals surface area contributed by atoms with E-state index >= 15 is 0 Å². The lowest BCUT2D eigenvalue weighted by molar-refractivity contribution is -0.123. The highest BCUT2D eigenvalue weighted by Gasteiger charge is 2.40. The molecule has 136 valence electrons. The van der Waals surface area contributed by atoms with E-state index in [9.17, 15) is 14.7 Å². The number of carbonyl (C=O) groups is 2. The third-order valence-corrected chi connectivity index (χ3v) is 4.92. The molecule has 1 fully saturated rings. The second-order valence-electron chi connectivity index (χ2n) is 6.81. The fourth-order valence-electron chi connectivity index (χ4n) is 3.34. The Balaban J connectivity index is 1.78. The van der Waals surface area contributed by atoms with Crippen LogP contribution in [0.25, 0.3) is 11.3 Å². The molecule has 26 heavy (non-hydrogen) atoms. The van der Waals surface area contributed by atoms with Crippen LogP contribution in [0, 0.1) is 0 Å². The fourth-order valence-corrected chi connectivity index (χ4v) is 3.34. The maximum absolute atomic E-state index is 12.5. The van der Waals surface area contributed by atoms with Gasteiger partial charge in [-0.15, -0.1) is 0 Å². The van der Waals surface area contributed by atoms with E-state index in [1.165, 1.54) is 0 Å². The van der Waals surface area contributed by atoms with Crippen LogP contribution in [-0.4, -0.2) is 27.4 Å². The molecule has 0 bridgehead atoms. The van der Waals surface area contributed by atoms with Gasteiger partial charge in [0.2, 0.25) is 5.91 Å². The van der Waals surface area contributed by atoms with Crippen LogP contribution in [0.2, 0.25) is 0 Å². The molecule has 0 spiro atoms. The van der Waals surface area contributed by atoms with Crippen molar-refractivity contribution in [2.24, 2.45) is 5.73 Å². The number of primary amides is 1. The van der Waals surface area contributed by atoms with E-state index < -0.39 is 17.6 Å². The maximum Gasteiger partial charge on any atom is 0.252 e. The second-order valence-corrected chi connectivity index (χ2v) is 6.81. The van der Waals surface area contributed by atoms with Crippen molar-refractivity contribution in [2.45, 2.75) is 44.2 Å². The molecule has 0 radical (unpaired) electrons. The number of pyridine rings is 1. The number of amides is 2. The lowest BCUT2D eigenvalue weighted by Crippen LogP contribution is -2.55. The molecule has 1 aliphatic rings. The molecule has 0 saturated heterocycles. The van der Waals surface area contributed by atoms with Gasteiger partial charge in [0.05, 0.1) is 17.5 Å². The third-order valence-electron chi connectivity index (χ3n) is 4.92. The second kappa shape index (κ2) is 7.25. The number of hydrogen-bond donors (Lipinski definition) is 3. The van der Waals surface area contributed by atoms with E-state index in [0.29, 0.717) is 24.1 Å². The van der Waals surface area contributed by atoms with Crippen LogP contribution in [0.15, 0.2) is 42.5 Å². The zero-order valence-corrected chi connectivity index (χ0v) is 14.7. The Kier molecular flexibility index (Phi) is 5.04. The van der Waals surface area contributed by atoms with Crippen LogP contribution in [0.3, 0.4) is 0 Å². The largest absolute Gasteiger partial charge is 0.387 e. The monoisotopic (exact) mass is 353 g/mol. The summed E-state index contributed by atoms with van der Waals surface area (Å²) in [7, 11) is 0. The average molecular weight is 353 g/mol. The number of nitrogens with zero attached hydrogens (tertiary/aromatic N) is 1. The van der Waals surface area contributed by atoms with E-state index in [2.05, 4.69) is 10.3 Å². The van der Waals surface area contributed by atoms with Crippen molar-refractivity contribution >= 4 is 11.8 Å². The molecular formula is C20H23N3O3. The first-order valence-corrected chi connectivity index (χ1v) is 8.79. The molecule has 1 saturated carbocycles. The molecule has 1 aromatic heterocycles. The zero-order chi connectivity index (χ0) is 18.7. The summed E-state index contributed by atoms with van der Waals surface area (Å²) in [5, 5.41) is 12.5. The molecule has 6 heteroatoms. The number of aliphatic hydroxyl groups excluding tert-OH is 1. The molecule has 1 atom stereocenters. The first-order chi connectivity index (χ1) is 12.4. The van der Waals surface area contributed by atoms with Crippen LogP contribution >= 0.6 is 0 Å². The van der Waals surface area contributed by atoms with E-state index in [4.69, 9.17) is 5.73 Å². The lowest BCUT2D eigenvalue weighted by atomic mass is 9.96. The van der Waals surface area contributed by atoms with Crippen LogP contribution in [-0.2, 0) is 4.79 Å². The predicted molar refractivity (Wildman–Crippen MR) is 98.2 cm³/mol. The Hall–Kier alpha value is -2.73. The molecule has 2 amide bonds. The Morgan fingerprint density at radius 3 is 2.38 bits per heavy atom. The first-order valence-electron chi connectivity index (χ1n) is 8.79. The molecule has 1 heterocycles. The summed E-state index contributed by atoms with van der Waals surface area (Å²) in [5.74, 6) is -0.776. The standard InChI is InChI=1S/C20H23N3O3/c1-13(24)16-5-4-6-17(22-16)14-7-9-15(10-8-14)18(25)23-20(19(21)26)11-2-3-12-20/h4-10,13,24H,2-3,11-12H2,1H3,(H2,21,26)(H,23,25)/t13-/m0/s1. The maximum atomic E-state index is 12.5. The summed E-state index contributed by atoms with van der Waals surface area (Å²) in [6.07, 6.45) is 2.29. The summed E-state index contributed by atoms with van der Waals surface area (Å²) < 4.78 is 0. The van der Waals surface area contributed by atoms with E-state index in [1.54, 1.807) is 37.3 Å². The average Bonchev–Trinajstić information content (AvgIpc) is 3.12. The molecule has 1 aromatic carbocycles. The summed E-state index contributed by atoms with van der Waals surface area (Å²) in [4.78, 5) is 28.8. The van der Waals surface area contributed by atoms with Gasteiger partial charge in [0.25, 0.3) is 5.91 Å². The highest BCUT2D eigenvalue weighted by atomic mass is 16.3. The minimum absolute atomic E-state index is 0.303. The van der Waals surface area contributed by atoms with Gasteiger partial charge in [-0.3, -0.25) is 14.6 Å². The number of aliphatic hydroxyl groups is 1. The highest BCUT2D eigenvalue weighted by Crippen LogP contribution is 2.30. The number of benzene rings is 1. The molecule has 4 N–H and O–H groups in total.